The predicted octanol–water partition coefficient (Wildman–Crippen LogP) is 0.767. The van der Waals surface area contributed by atoms with Crippen LogP contribution in [0.4, 0.5) is 5.95 Å². The Labute approximate surface area is 117 Å². The standard InChI is InChI=1S/C11H21N5O2S/c1-8(2)15(3)5-4-6-16-10(12)13-14-11(16)19-7-9(17)18/h8H,4-7H2,1-3H3,(H2,12,13)(H,17,18). The Morgan fingerprint density at radius 2 is 2.21 bits per heavy atom. The molecule has 0 bridgehead atoms. The van der Waals surface area contributed by atoms with Crippen LogP contribution in [0.2, 0.25) is 0 Å². The third-order valence-electron chi connectivity index (χ3n) is 2.84. The molecule has 19 heavy (non-hydrogen) atoms. The normalized spacial score (nSPS) is 11.4. The topological polar surface area (TPSA) is 97.3 Å². The maximum absolute atomic E-state index is 10.6. The second kappa shape index (κ2) is 7.34. The van der Waals surface area contributed by atoms with Crippen molar-refractivity contribution < 1.29 is 9.90 Å². The summed E-state index contributed by atoms with van der Waals surface area (Å²) in [7, 11) is 2.07. The lowest BCUT2D eigenvalue weighted by Gasteiger charge is -2.20. The van der Waals surface area contributed by atoms with Crippen molar-refractivity contribution >= 4 is 23.7 Å². The SMILES string of the molecule is CC(C)N(C)CCCn1c(N)nnc1SCC(=O)O. The number of thioether (sulfide) groups is 1. The van der Waals surface area contributed by atoms with E-state index in [0.29, 0.717) is 23.7 Å². The predicted molar refractivity (Wildman–Crippen MR) is 75.2 cm³/mol. The lowest BCUT2D eigenvalue weighted by molar-refractivity contribution is -0.133. The number of carboxylic acids is 1. The van der Waals surface area contributed by atoms with Crippen LogP contribution in [0.3, 0.4) is 0 Å². The maximum atomic E-state index is 10.6. The number of carboxylic acid groups (broad SMARTS) is 1. The van der Waals surface area contributed by atoms with Gasteiger partial charge in [-0.15, -0.1) is 10.2 Å². The molecule has 108 valence electrons. The number of hydrogen-bond donors (Lipinski definition) is 2. The van der Waals surface area contributed by atoms with E-state index in [2.05, 4.69) is 36.0 Å². The van der Waals surface area contributed by atoms with E-state index in [1.165, 1.54) is 0 Å². The highest BCUT2D eigenvalue weighted by Gasteiger charge is 2.12. The summed E-state index contributed by atoms with van der Waals surface area (Å²) in [5.41, 5.74) is 5.74. The average Bonchev–Trinajstić information content (AvgIpc) is 2.68. The summed E-state index contributed by atoms with van der Waals surface area (Å²) < 4.78 is 1.77. The third kappa shape index (κ3) is 5.07. The maximum Gasteiger partial charge on any atom is 0.313 e. The fraction of sp³-hybridized carbons (Fsp3) is 0.727. The van der Waals surface area contributed by atoms with E-state index in [-0.39, 0.29) is 5.75 Å². The van der Waals surface area contributed by atoms with Crippen molar-refractivity contribution in [2.45, 2.75) is 38.0 Å². The van der Waals surface area contributed by atoms with E-state index in [1.807, 2.05) is 0 Å². The van der Waals surface area contributed by atoms with Gasteiger partial charge in [0.25, 0.3) is 0 Å². The molecule has 0 amide bonds. The first-order valence-corrected chi connectivity index (χ1v) is 7.14. The second-order valence-electron chi connectivity index (χ2n) is 4.60. The summed E-state index contributed by atoms with van der Waals surface area (Å²) in [5, 5.41) is 16.9. The van der Waals surface area contributed by atoms with Crippen LogP contribution in [-0.2, 0) is 11.3 Å². The molecule has 0 aliphatic carbocycles. The van der Waals surface area contributed by atoms with Crippen LogP contribution in [0.5, 0.6) is 0 Å². The second-order valence-corrected chi connectivity index (χ2v) is 5.55. The Balaban J connectivity index is 2.52. The number of anilines is 1. The third-order valence-corrected chi connectivity index (χ3v) is 3.80. The molecule has 1 rings (SSSR count). The van der Waals surface area contributed by atoms with Crippen LogP contribution >= 0.6 is 11.8 Å². The van der Waals surface area contributed by atoms with Gasteiger partial charge in [-0.25, -0.2) is 0 Å². The number of aliphatic carboxylic acids is 1. The molecular weight excluding hydrogens is 266 g/mol. The van der Waals surface area contributed by atoms with Crippen LogP contribution in [0.15, 0.2) is 5.16 Å². The first-order valence-electron chi connectivity index (χ1n) is 6.15. The molecule has 7 nitrogen and oxygen atoms in total. The zero-order chi connectivity index (χ0) is 14.4. The van der Waals surface area contributed by atoms with Crippen molar-refractivity contribution in [3.05, 3.63) is 0 Å². The zero-order valence-corrected chi connectivity index (χ0v) is 12.4. The molecular formula is C11H21N5O2S. The van der Waals surface area contributed by atoms with E-state index >= 15 is 0 Å². The van der Waals surface area contributed by atoms with Crippen molar-refractivity contribution in [1.82, 2.24) is 19.7 Å². The van der Waals surface area contributed by atoms with Crippen molar-refractivity contribution in [3.63, 3.8) is 0 Å². The monoisotopic (exact) mass is 287 g/mol. The molecule has 0 spiro atoms. The smallest absolute Gasteiger partial charge is 0.313 e. The van der Waals surface area contributed by atoms with E-state index in [4.69, 9.17) is 10.8 Å². The van der Waals surface area contributed by atoms with Crippen molar-refractivity contribution in [2.75, 3.05) is 25.1 Å². The molecule has 1 aromatic rings. The van der Waals surface area contributed by atoms with Gasteiger partial charge in [0.1, 0.15) is 0 Å². The summed E-state index contributed by atoms with van der Waals surface area (Å²) in [5.74, 6) is -0.581. The van der Waals surface area contributed by atoms with Gasteiger partial charge in [0.05, 0.1) is 5.75 Å². The van der Waals surface area contributed by atoms with Gasteiger partial charge >= 0.3 is 5.97 Å². The molecule has 1 aromatic heterocycles. The Hall–Kier alpha value is -1.28. The summed E-state index contributed by atoms with van der Waals surface area (Å²) in [4.78, 5) is 12.8. The van der Waals surface area contributed by atoms with E-state index < -0.39 is 5.97 Å². The summed E-state index contributed by atoms with van der Waals surface area (Å²) in [6.45, 7) is 5.92. The van der Waals surface area contributed by atoms with Crippen LogP contribution in [0.1, 0.15) is 20.3 Å². The molecule has 0 aliphatic rings. The minimum absolute atomic E-state index is 0.0377. The molecule has 0 aliphatic heterocycles. The Kier molecular flexibility index (Phi) is 6.10. The van der Waals surface area contributed by atoms with Gasteiger partial charge in [0.15, 0.2) is 5.16 Å². The fourth-order valence-electron chi connectivity index (χ4n) is 1.48. The molecule has 0 radical (unpaired) electrons. The minimum atomic E-state index is -0.877. The fourth-order valence-corrected chi connectivity index (χ4v) is 2.17. The summed E-state index contributed by atoms with van der Waals surface area (Å²) in [6.07, 6.45) is 0.914. The number of carbonyl (C=O) groups is 1. The molecule has 0 atom stereocenters. The Bertz CT molecular complexity index is 421. The average molecular weight is 287 g/mol. The quantitative estimate of drug-likeness (QED) is 0.681. The van der Waals surface area contributed by atoms with Crippen LogP contribution in [-0.4, -0.2) is 56.1 Å². The molecule has 0 saturated carbocycles. The number of nitrogen functional groups attached to an aromatic ring is 1. The van der Waals surface area contributed by atoms with Gasteiger partial charge in [-0.2, -0.15) is 0 Å². The number of nitrogens with zero attached hydrogens (tertiary/aromatic N) is 4. The first kappa shape index (κ1) is 15.8. The Morgan fingerprint density at radius 1 is 1.53 bits per heavy atom. The molecule has 0 unspecified atom stereocenters. The largest absolute Gasteiger partial charge is 0.481 e. The lowest BCUT2D eigenvalue weighted by atomic mass is 10.3. The van der Waals surface area contributed by atoms with E-state index in [9.17, 15) is 4.79 Å². The van der Waals surface area contributed by atoms with Gasteiger partial charge < -0.3 is 15.7 Å². The summed E-state index contributed by atoms with van der Waals surface area (Å²) in [6, 6.07) is 0.499. The number of hydrogen-bond acceptors (Lipinski definition) is 6. The molecule has 0 saturated heterocycles. The summed E-state index contributed by atoms with van der Waals surface area (Å²) >= 11 is 1.14. The highest BCUT2D eigenvalue weighted by Crippen LogP contribution is 2.18. The minimum Gasteiger partial charge on any atom is -0.481 e. The van der Waals surface area contributed by atoms with Crippen molar-refractivity contribution in [3.8, 4) is 0 Å². The molecule has 0 fully saturated rings. The number of nitrogens with two attached hydrogens (primary N) is 1. The molecule has 0 aromatic carbocycles. The van der Waals surface area contributed by atoms with Crippen molar-refractivity contribution in [2.24, 2.45) is 0 Å². The number of rotatable bonds is 8. The van der Waals surface area contributed by atoms with Gasteiger partial charge in [-0.3, -0.25) is 9.36 Å². The highest BCUT2D eigenvalue weighted by molar-refractivity contribution is 7.99. The van der Waals surface area contributed by atoms with Gasteiger partial charge in [0.2, 0.25) is 5.95 Å². The molecule has 1 heterocycles. The van der Waals surface area contributed by atoms with Crippen LogP contribution in [0, 0.1) is 0 Å². The molecule has 8 heteroatoms. The first-order chi connectivity index (χ1) is 8.91. The van der Waals surface area contributed by atoms with E-state index in [1.54, 1.807) is 4.57 Å². The Morgan fingerprint density at radius 3 is 2.79 bits per heavy atom. The van der Waals surface area contributed by atoms with Gasteiger partial charge in [0, 0.05) is 12.6 Å². The van der Waals surface area contributed by atoms with E-state index in [0.717, 1.165) is 24.7 Å². The zero-order valence-electron chi connectivity index (χ0n) is 11.5. The van der Waals surface area contributed by atoms with Gasteiger partial charge in [-0.05, 0) is 33.9 Å². The molecule has 3 N–H and O–H groups in total. The van der Waals surface area contributed by atoms with Crippen LogP contribution in [0.25, 0.3) is 0 Å². The number of aromatic nitrogens is 3. The van der Waals surface area contributed by atoms with Crippen molar-refractivity contribution in [1.29, 1.82) is 0 Å². The highest BCUT2D eigenvalue weighted by atomic mass is 32.2. The van der Waals surface area contributed by atoms with Gasteiger partial charge in [-0.1, -0.05) is 11.8 Å². The lowest BCUT2D eigenvalue weighted by Crippen LogP contribution is -2.28. The van der Waals surface area contributed by atoms with Crippen LogP contribution < -0.4 is 5.73 Å².